The van der Waals surface area contributed by atoms with Crippen LogP contribution in [0.3, 0.4) is 0 Å². The van der Waals surface area contributed by atoms with E-state index in [1.165, 1.54) is 11.7 Å². The van der Waals surface area contributed by atoms with Crippen LogP contribution < -0.4 is 16.0 Å². The van der Waals surface area contributed by atoms with Crippen molar-refractivity contribution >= 4 is 5.69 Å². The number of hydrogen-bond acceptors (Lipinski definition) is 4. The van der Waals surface area contributed by atoms with E-state index in [0.29, 0.717) is 11.6 Å². The molecule has 2 aromatic rings. The first-order valence-electron chi connectivity index (χ1n) is 4.70. The van der Waals surface area contributed by atoms with Crippen molar-refractivity contribution < 1.29 is 4.74 Å². The summed E-state index contributed by atoms with van der Waals surface area (Å²) in [6.45, 7) is 0. The fourth-order valence-electron chi connectivity index (χ4n) is 1.40. The molecule has 0 aliphatic carbocycles. The van der Waals surface area contributed by atoms with E-state index in [4.69, 9.17) is 10.5 Å². The largest absolute Gasteiger partial charge is 0.493 e. The van der Waals surface area contributed by atoms with Crippen molar-refractivity contribution in [1.82, 2.24) is 9.55 Å². The van der Waals surface area contributed by atoms with E-state index in [1.54, 1.807) is 36.7 Å². The summed E-state index contributed by atoms with van der Waals surface area (Å²) in [6, 6.07) is 6.71. The van der Waals surface area contributed by atoms with E-state index < -0.39 is 0 Å². The zero-order chi connectivity index (χ0) is 11.5. The lowest BCUT2D eigenvalue weighted by Gasteiger charge is -2.09. The summed E-state index contributed by atoms with van der Waals surface area (Å²) in [5.41, 5.74) is 5.42. The SMILES string of the molecule is COc1cccnc1-n1cccc(N)c1=O. The number of hydrogen-bond donors (Lipinski definition) is 1. The molecule has 0 saturated heterocycles. The van der Waals surface area contributed by atoms with Gasteiger partial charge >= 0.3 is 0 Å². The molecule has 5 heteroatoms. The van der Waals surface area contributed by atoms with E-state index in [1.807, 2.05) is 0 Å². The first-order chi connectivity index (χ1) is 7.74. The minimum absolute atomic E-state index is 0.176. The molecule has 2 N–H and O–H groups in total. The Labute approximate surface area is 92.1 Å². The smallest absolute Gasteiger partial charge is 0.279 e. The zero-order valence-electron chi connectivity index (χ0n) is 8.75. The van der Waals surface area contributed by atoms with E-state index >= 15 is 0 Å². The Morgan fingerprint density at radius 1 is 1.38 bits per heavy atom. The predicted octanol–water partition coefficient (Wildman–Crippen LogP) is 0.823. The molecule has 0 aliphatic heterocycles. The van der Waals surface area contributed by atoms with Crippen LogP contribution in [0.5, 0.6) is 5.75 Å². The van der Waals surface area contributed by atoms with Crippen LogP contribution in [0.25, 0.3) is 5.82 Å². The van der Waals surface area contributed by atoms with Gasteiger partial charge in [-0.05, 0) is 24.3 Å². The average molecular weight is 217 g/mol. The number of nitrogen functional groups attached to an aromatic ring is 1. The number of rotatable bonds is 2. The molecular weight excluding hydrogens is 206 g/mol. The van der Waals surface area contributed by atoms with Gasteiger partial charge in [0.2, 0.25) is 0 Å². The number of pyridine rings is 2. The zero-order valence-corrected chi connectivity index (χ0v) is 8.75. The first-order valence-corrected chi connectivity index (χ1v) is 4.70. The fraction of sp³-hybridized carbons (Fsp3) is 0.0909. The number of ether oxygens (including phenoxy) is 1. The van der Waals surface area contributed by atoms with Gasteiger partial charge in [-0.25, -0.2) is 4.98 Å². The van der Waals surface area contributed by atoms with E-state index in [-0.39, 0.29) is 11.2 Å². The van der Waals surface area contributed by atoms with Gasteiger partial charge in [0, 0.05) is 12.4 Å². The van der Waals surface area contributed by atoms with Crippen LogP contribution in [0.2, 0.25) is 0 Å². The molecule has 2 heterocycles. The van der Waals surface area contributed by atoms with E-state index in [2.05, 4.69) is 4.98 Å². The van der Waals surface area contributed by atoms with Crippen LogP contribution in [0.15, 0.2) is 41.5 Å². The van der Waals surface area contributed by atoms with Crippen LogP contribution in [0.4, 0.5) is 5.69 Å². The molecule has 0 saturated carbocycles. The Kier molecular flexibility index (Phi) is 2.59. The van der Waals surface area contributed by atoms with Crippen molar-refractivity contribution in [2.24, 2.45) is 0 Å². The van der Waals surface area contributed by atoms with Gasteiger partial charge in [-0.1, -0.05) is 0 Å². The van der Waals surface area contributed by atoms with Gasteiger partial charge in [-0.15, -0.1) is 0 Å². The number of nitrogens with zero attached hydrogens (tertiary/aromatic N) is 2. The molecular formula is C11H11N3O2. The fourth-order valence-corrected chi connectivity index (χ4v) is 1.40. The summed E-state index contributed by atoms with van der Waals surface area (Å²) in [7, 11) is 1.53. The van der Waals surface area contributed by atoms with E-state index in [9.17, 15) is 4.79 Å². The summed E-state index contributed by atoms with van der Waals surface area (Å²) >= 11 is 0. The molecule has 2 rings (SSSR count). The van der Waals surface area contributed by atoms with E-state index in [0.717, 1.165) is 0 Å². The van der Waals surface area contributed by atoms with Gasteiger partial charge in [-0.3, -0.25) is 9.36 Å². The van der Waals surface area contributed by atoms with Crippen molar-refractivity contribution in [2.75, 3.05) is 12.8 Å². The lowest BCUT2D eigenvalue weighted by molar-refractivity contribution is 0.410. The summed E-state index contributed by atoms with van der Waals surface area (Å²) in [5, 5.41) is 0. The molecule has 5 nitrogen and oxygen atoms in total. The highest BCUT2D eigenvalue weighted by molar-refractivity contribution is 5.43. The number of methoxy groups -OCH3 is 1. The summed E-state index contributed by atoms with van der Waals surface area (Å²) in [4.78, 5) is 15.9. The molecule has 0 spiro atoms. The predicted molar refractivity (Wildman–Crippen MR) is 60.8 cm³/mol. The maximum atomic E-state index is 11.8. The van der Waals surface area contributed by atoms with Crippen LogP contribution in [-0.4, -0.2) is 16.7 Å². The first kappa shape index (κ1) is 10.2. The lowest BCUT2D eigenvalue weighted by Crippen LogP contribution is -2.21. The summed E-state index contributed by atoms with van der Waals surface area (Å²) in [6.07, 6.45) is 3.19. The van der Waals surface area contributed by atoms with Gasteiger partial charge in [0.15, 0.2) is 11.6 Å². The maximum Gasteiger partial charge on any atom is 0.279 e. The third-order valence-corrected chi connectivity index (χ3v) is 2.18. The van der Waals surface area contributed by atoms with Crippen molar-refractivity contribution in [2.45, 2.75) is 0 Å². The summed E-state index contributed by atoms with van der Waals surface area (Å²) < 4.78 is 6.49. The second-order valence-electron chi connectivity index (χ2n) is 3.17. The van der Waals surface area contributed by atoms with Crippen molar-refractivity contribution in [1.29, 1.82) is 0 Å². The molecule has 0 aromatic carbocycles. The van der Waals surface area contributed by atoms with Crippen LogP contribution in [-0.2, 0) is 0 Å². The molecule has 0 unspecified atom stereocenters. The van der Waals surface area contributed by atoms with Crippen molar-refractivity contribution in [3.8, 4) is 11.6 Å². The molecule has 16 heavy (non-hydrogen) atoms. The summed E-state index contributed by atoms with van der Waals surface area (Å²) in [5.74, 6) is 0.956. The van der Waals surface area contributed by atoms with Gasteiger partial charge in [-0.2, -0.15) is 0 Å². The molecule has 0 radical (unpaired) electrons. The molecule has 0 fully saturated rings. The molecule has 82 valence electrons. The number of aromatic nitrogens is 2. The highest BCUT2D eigenvalue weighted by Gasteiger charge is 2.08. The van der Waals surface area contributed by atoms with Gasteiger partial charge < -0.3 is 10.5 Å². The van der Waals surface area contributed by atoms with Gasteiger partial charge in [0.1, 0.15) is 0 Å². The maximum absolute atomic E-state index is 11.8. The Morgan fingerprint density at radius 2 is 2.19 bits per heavy atom. The molecule has 0 amide bonds. The molecule has 0 bridgehead atoms. The topological polar surface area (TPSA) is 70.1 Å². The number of anilines is 1. The highest BCUT2D eigenvalue weighted by Crippen LogP contribution is 2.17. The molecule has 0 aliphatic rings. The Bertz CT molecular complexity index is 563. The Balaban J connectivity index is 2.68. The van der Waals surface area contributed by atoms with Gasteiger partial charge in [0.25, 0.3) is 5.56 Å². The molecule has 0 atom stereocenters. The quantitative estimate of drug-likeness (QED) is 0.808. The Morgan fingerprint density at radius 3 is 2.94 bits per heavy atom. The standard InChI is InChI=1S/C11H11N3O2/c1-16-9-5-2-6-13-10(9)14-7-3-4-8(12)11(14)15/h2-7H,12H2,1H3. The van der Waals surface area contributed by atoms with Crippen LogP contribution in [0, 0.1) is 0 Å². The molecule has 2 aromatic heterocycles. The average Bonchev–Trinajstić information content (AvgIpc) is 2.33. The second kappa shape index (κ2) is 4.06. The minimum atomic E-state index is -0.306. The van der Waals surface area contributed by atoms with Crippen molar-refractivity contribution in [3.63, 3.8) is 0 Å². The third-order valence-electron chi connectivity index (χ3n) is 2.18. The normalized spacial score (nSPS) is 10.1. The second-order valence-corrected chi connectivity index (χ2v) is 3.17. The third kappa shape index (κ3) is 1.63. The van der Waals surface area contributed by atoms with Crippen LogP contribution >= 0.6 is 0 Å². The number of nitrogens with two attached hydrogens (primary N) is 1. The highest BCUT2D eigenvalue weighted by atomic mass is 16.5. The minimum Gasteiger partial charge on any atom is -0.493 e. The van der Waals surface area contributed by atoms with Crippen LogP contribution in [0.1, 0.15) is 0 Å². The Hall–Kier alpha value is -2.30. The van der Waals surface area contributed by atoms with Gasteiger partial charge in [0.05, 0.1) is 12.8 Å². The lowest BCUT2D eigenvalue weighted by atomic mass is 10.3. The monoisotopic (exact) mass is 217 g/mol. The van der Waals surface area contributed by atoms with Crippen molar-refractivity contribution in [3.05, 3.63) is 47.0 Å².